The number of aliphatic hydroxyl groups excluding tert-OH is 1. The summed E-state index contributed by atoms with van der Waals surface area (Å²) in [4.78, 5) is 48.4. The van der Waals surface area contributed by atoms with Gasteiger partial charge < -0.3 is 24.5 Å². The van der Waals surface area contributed by atoms with Gasteiger partial charge in [0.25, 0.3) is 0 Å². The second-order valence-electron chi connectivity index (χ2n) is 12.1. The molecule has 41 heavy (non-hydrogen) atoms. The Morgan fingerprint density at radius 1 is 1.15 bits per heavy atom. The van der Waals surface area contributed by atoms with E-state index in [0.717, 1.165) is 17.9 Å². The maximum Gasteiger partial charge on any atom is 0.247 e. The molecule has 4 rings (SSSR count). The molecule has 0 radical (unpaired) electrons. The van der Waals surface area contributed by atoms with Gasteiger partial charge in [0.1, 0.15) is 11.8 Å². The summed E-state index contributed by atoms with van der Waals surface area (Å²) in [6.07, 6.45) is 6.05. The molecule has 0 aliphatic carbocycles. The Kier molecular flexibility index (Phi) is 9.59. The first kappa shape index (κ1) is 31.2. The molecule has 0 aromatic heterocycles. The highest BCUT2D eigenvalue weighted by Gasteiger charge is 2.74. The zero-order valence-corrected chi connectivity index (χ0v) is 25.7. The number of anilines is 1. The number of amides is 3. The molecule has 3 saturated heterocycles. The minimum atomic E-state index is -0.665. The molecule has 3 heterocycles. The molecule has 1 aromatic carbocycles. The molecule has 3 fully saturated rings. The number of hydrogen-bond acceptors (Lipinski definition) is 6. The van der Waals surface area contributed by atoms with Gasteiger partial charge in [-0.05, 0) is 77.6 Å². The summed E-state index contributed by atoms with van der Waals surface area (Å²) in [5.41, 5.74) is 0.257. The summed E-state index contributed by atoms with van der Waals surface area (Å²) in [6.45, 7) is 17.3. The molecule has 3 amide bonds. The number of aliphatic hydroxyl groups is 1. The van der Waals surface area contributed by atoms with Crippen LogP contribution in [0.25, 0.3) is 0 Å². The second-order valence-corrected chi connectivity index (χ2v) is 13.7. The molecule has 8 nitrogen and oxygen atoms in total. The van der Waals surface area contributed by atoms with Crippen LogP contribution in [0.4, 0.5) is 5.69 Å². The van der Waals surface area contributed by atoms with Crippen LogP contribution in [-0.4, -0.2) is 87.1 Å². The van der Waals surface area contributed by atoms with Gasteiger partial charge in [-0.2, -0.15) is 0 Å². The van der Waals surface area contributed by atoms with Gasteiger partial charge in [0.2, 0.25) is 17.7 Å². The molecule has 0 saturated carbocycles. The third-order valence-electron chi connectivity index (χ3n) is 8.55. The number of rotatable bonds is 13. The fraction of sp³-hybridized carbons (Fsp3) is 0.594. The number of thioether (sulfide) groups is 1. The lowest BCUT2D eigenvalue weighted by Crippen LogP contribution is -2.58. The van der Waals surface area contributed by atoms with Gasteiger partial charge in [0, 0.05) is 42.7 Å². The first-order chi connectivity index (χ1) is 19.5. The molecular formula is C32H45N3O5S. The van der Waals surface area contributed by atoms with Gasteiger partial charge in [-0.15, -0.1) is 24.9 Å². The van der Waals surface area contributed by atoms with E-state index in [4.69, 9.17) is 4.74 Å². The molecule has 1 N–H and O–H groups in total. The predicted octanol–water partition coefficient (Wildman–Crippen LogP) is 4.28. The van der Waals surface area contributed by atoms with Crippen LogP contribution in [0.3, 0.4) is 0 Å². The van der Waals surface area contributed by atoms with Crippen molar-refractivity contribution < 1.29 is 24.2 Å². The topological polar surface area (TPSA) is 90.4 Å². The maximum absolute atomic E-state index is 14.4. The van der Waals surface area contributed by atoms with Crippen molar-refractivity contribution in [2.24, 2.45) is 11.8 Å². The Morgan fingerprint density at radius 2 is 1.83 bits per heavy atom. The van der Waals surface area contributed by atoms with E-state index in [-0.39, 0.29) is 29.6 Å². The molecule has 9 heteroatoms. The minimum absolute atomic E-state index is 0.0241. The minimum Gasteiger partial charge on any atom is -0.494 e. The zero-order valence-electron chi connectivity index (χ0n) is 24.9. The fourth-order valence-electron chi connectivity index (χ4n) is 6.84. The van der Waals surface area contributed by atoms with E-state index in [2.05, 4.69) is 13.2 Å². The van der Waals surface area contributed by atoms with Gasteiger partial charge in [-0.3, -0.25) is 14.4 Å². The van der Waals surface area contributed by atoms with E-state index in [9.17, 15) is 19.5 Å². The maximum atomic E-state index is 14.4. The van der Waals surface area contributed by atoms with Crippen LogP contribution in [0.2, 0.25) is 0 Å². The quantitative estimate of drug-likeness (QED) is 0.275. The largest absolute Gasteiger partial charge is 0.494 e. The van der Waals surface area contributed by atoms with E-state index >= 15 is 0 Å². The Morgan fingerprint density at radius 3 is 2.41 bits per heavy atom. The van der Waals surface area contributed by atoms with E-state index in [1.807, 2.05) is 52.0 Å². The van der Waals surface area contributed by atoms with Crippen molar-refractivity contribution in [2.45, 2.75) is 75.0 Å². The lowest BCUT2D eigenvalue weighted by Gasteiger charge is -2.42. The summed E-state index contributed by atoms with van der Waals surface area (Å²) in [7, 11) is 0. The van der Waals surface area contributed by atoms with Crippen molar-refractivity contribution in [1.29, 1.82) is 0 Å². The summed E-state index contributed by atoms with van der Waals surface area (Å²) in [5, 5.41) is 9.39. The number of hydrogen-bond donors (Lipinski definition) is 1. The monoisotopic (exact) mass is 583 g/mol. The van der Waals surface area contributed by atoms with E-state index in [1.54, 1.807) is 38.6 Å². The highest BCUT2D eigenvalue weighted by molar-refractivity contribution is 8.02. The number of ether oxygens (including phenoxy) is 1. The Hall–Kier alpha value is -2.78. The summed E-state index contributed by atoms with van der Waals surface area (Å²) in [6, 6.07) is 6.76. The van der Waals surface area contributed by atoms with Gasteiger partial charge in [-0.25, -0.2) is 0 Å². The van der Waals surface area contributed by atoms with Crippen molar-refractivity contribution in [2.75, 3.05) is 37.7 Å². The van der Waals surface area contributed by atoms with Crippen molar-refractivity contribution in [3.05, 3.63) is 49.6 Å². The highest BCUT2D eigenvalue weighted by atomic mass is 32.2. The molecule has 3 aliphatic heterocycles. The standard InChI is InChI=1S/C32H45N3O5S/c1-7-18-33(22-12-14-23(15-13-22)40-9-3)28(37)25-24-16-17-32(41-24)26(25)29(38)34(20-10-11-21-36)27(32)30(39)35(19-8-2)31(4,5)6/h7-8,12-15,24-27,36H,1-2,9-11,16-21H2,3-6H3/t24-,25+,26-,27?,32?/m0/s1. The van der Waals surface area contributed by atoms with Gasteiger partial charge in [-0.1, -0.05) is 12.2 Å². The van der Waals surface area contributed by atoms with Crippen LogP contribution in [-0.2, 0) is 14.4 Å². The number of benzene rings is 1. The summed E-state index contributed by atoms with van der Waals surface area (Å²) < 4.78 is 4.92. The number of fused-ring (bicyclic) bond motifs is 1. The van der Waals surface area contributed by atoms with E-state index in [1.165, 1.54) is 0 Å². The van der Waals surface area contributed by atoms with Crippen LogP contribution in [0, 0.1) is 11.8 Å². The molecule has 3 aliphatic rings. The molecule has 1 spiro atoms. The first-order valence-electron chi connectivity index (χ1n) is 14.7. The normalized spacial score (nSPS) is 26.6. The smallest absolute Gasteiger partial charge is 0.247 e. The number of likely N-dealkylation sites (tertiary alicyclic amines) is 1. The van der Waals surface area contributed by atoms with E-state index in [0.29, 0.717) is 45.5 Å². The van der Waals surface area contributed by atoms with Crippen molar-refractivity contribution in [1.82, 2.24) is 9.80 Å². The van der Waals surface area contributed by atoms with Crippen molar-refractivity contribution in [3.63, 3.8) is 0 Å². The Balaban J connectivity index is 1.72. The van der Waals surface area contributed by atoms with Crippen LogP contribution >= 0.6 is 11.8 Å². The molecule has 1 aromatic rings. The lowest BCUT2D eigenvalue weighted by atomic mass is 9.70. The second kappa shape index (κ2) is 12.6. The van der Waals surface area contributed by atoms with Crippen molar-refractivity contribution in [3.8, 4) is 5.75 Å². The fourth-order valence-corrected chi connectivity index (χ4v) is 9.05. The average Bonchev–Trinajstić information content (AvgIpc) is 3.57. The molecule has 224 valence electrons. The summed E-state index contributed by atoms with van der Waals surface area (Å²) >= 11 is 1.68. The van der Waals surface area contributed by atoms with Gasteiger partial charge in [0.05, 0.1) is 23.2 Å². The number of nitrogens with zero attached hydrogens (tertiary/aromatic N) is 3. The van der Waals surface area contributed by atoms with E-state index < -0.39 is 28.2 Å². The molecule has 2 bridgehead atoms. The van der Waals surface area contributed by atoms with Crippen LogP contribution in [0.15, 0.2) is 49.6 Å². The molecular weight excluding hydrogens is 538 g/mol. The SMILES string of the molecule is C=CCN(C(=O)[C@@H]1[C@@H]2CCC3(S2)C(C(=O)N(CC=C)C(C)(C)C)N(CCCCO)C(=O)[C@H]13)c1ccc(OCC)cc1. The van der Waals surface area contributed by atoms with Crippen LogP contribution in [0.5, 0.6) is 5.75 Å². The zero-order chi connectivity index (χ0) is 29.9. The first-order valence-corrected chi connectivity index (χ1v) is 15.6. The average molecular weight is 584 g/mol. The third-order valence-corrected chi connectivity index (χ3v) is 10.5. The lowest BCUT2D eigenvalue weighted by molar-refractivity contribution is -0.145. The highest BCUT2D eigenvalue weighted by Crippen LogP contribution is 2.67. The predicted molar refractivity (Wildman–Crippen MR) is 164 cm³/mol. The molecule has 2 unspecified atom stereocenters. The van der Waals surface area contributed by atoms with Crippen molar-refractivity contribution >= 4 is 35.2 Å². The van der Waals surface area contributed by atoms with Crippen LogP contribution in [0.1, 0.15) is 53.4 Å². The van der Waals surface area contributed by atoms with Gasteiger partial charge >= 0.3 is 0 Å². The summed E-state index contributed by atoms with van der Waals surface area (Å²) in [5.74, 6) is -0.699. The number of carbonyl (C=O) groups excluding carboxylic acids is 3. The number of carbonyl (C=O) groups is 3. The Labute approximate surface area is 248 Å². The van der Waals surface area contributed by atoms with Gasteiger partial charge in [0.15, 0.2) is 0 Å². The molecule has 5 atom stereocenters. The van der Waals surface area contributed by atoms with Crippen LogP contribution < -0.4 is 9.64 Å². The Bertz CT molecular complexity index is 1150. The number of unbranched alkanes of at least 4 members (excludes halogenated alkanes) is 1. The third kappa shape index (κ3) is 5.67.